The average Bonchev–Trinajstić information content (AvgIpc) is 3.10. The molecule has 1 aromatic rings. The van der Waals surface area contributed by atoms with E-state index >= 15 is 0 Å². The Morgan fingerprint density at radius 2 is 1.84 bits per heavy atom. The summed E-state index contributed by atoms with van der Waals surface area (Å²) >= 11 is 0. The van der Waals surface area contributed by atoms with Gasteiger partial charge in [0.25, 0.3) is 0 Å². The molecule has 0 unspecified atom stereocenters. The van der Waals surface area contributed by atoms with Gasteiger partial charge in [-0.25, -0.2) is 0 Å². The minimum absolute atomic E-state index is 0.145. The highest BCUT2D eigenvalue weighted by Gasteiger charge is 2.31. The molecule has 2 N–H and O–H groups in total. The third kappa shape index (κ3) is 3.96. The fourth-order valence-corrected chi connectivity index (χ4v) is 1.99. The summed E-state index contributed by atoms with van der Waals surface area (Å²) in [6.45, 7) is 0.595. The van der Waals surface area contributed by atoms with Crippen molar-refractivity contribution in [3.63, 3.8) is 0 Å². The van der Waals surface area contributed by atoms with E-state index < -0.39 is 17.6 Å². The van der Waals surface area contributed by atoms with Crippen molar-refractivity contribution in [1.29, 1.82) is 0 Å². The van der Waals surface area contributed by atoms with Crippen LogP contribution in [-0.2, 0) is 17.5 Å². The van der Waals surface area contributed by atoms with Gasteiger partial charge in [-0.2, -0.15) is 13.2 Å². The van der Waals surface area contributed by atoms with Crippen LogP contribution >= 0.6 is 0 Å². The van der Waals surface area contributed by atoms with Gasteiger partial charge in [-0.1, -0.05) is 12.1 Å². The molecule has 0 radical (unpaired) electrons. The van der Waals surface area contributed by atoms with E-state index in [0.29, 0.717) is 12.6 Å². The van der Waals surface area contributed by atoms with Crippen LogP contribution in [0.2, 0.25) is 0 Å². The SMILES string of the molecule is NC(=O)CN(Cc1ccc(C(F)(F)F)cc1)C1CC1. The number of carbonyl (C=O) groups is 1. The van der Waals surface area contributed by atoms with E-state index in [4.69, 9.17) is 5.73 Å². The van der Waals surface area contributed by atoms with Crippen LogP contribution in [0.5, 0.6) is 0 Å². The number of primary amides is 1. The number of rotatable bonds is 5. The third-order valence-electron chi connectivity index (χ3n) is 3.09. The first-order valence-electron chi connectivity index (χ1n) is 6.05. The quantitative estimate of drug-likeness (QED) is 0.892. The molecule has 1 saturated carbocycles. The lowest BCUT2D eigenvalue weighted by atomic mass is 10.1. The summed E-state index contributed by atoms with van der Waals surface area (Å²) in [5, 5.41) is 0. The Bertz CT molecular complexity index is 452. The summed E-state index contributed by atoms with van der Waals surface area (Å²) in [6.07, 6.45) is -2.30. The summed E-state index contributed by atoms with van der Waals surface area (Å²) < 4.78 is 37.3. The minimum Gasteiger partial charge on any atom is -0.369 e. The Labute approximate surface area is 109 Å². The van der Waals surface area contributed by atoms with Crippen molar-refractivity contribution in [1.82, 2.24) is 4.90 Å². The van der Waals surface area contributed by atoms with E-state index in [9.17, 15) is 18.0 Å². The van der Waals surface area contributed by atoms with Crippen molar-refractivity contribution in [2.45, 2.75) is 31.6 Å². The Morgan fingerprint density at radius 1 is 1.26 bits per heavy atom. The van der Waals surface area contributed by atoms with Crippen LogP contribution in [0.4, 0.5) is 13.2 Å². The maximum absolute atomic E-state index is 12.4. The summed E-state index contributed by atoms with van der Waals surface area (Å²) in [5.41, 5.74) is 5.25. The first-order valence-corrected chi connectivity index (χ1v) is 6.05. The minimum atomic E-state index is -4.32. The van der Waals surface area contributed by atoms with Gasteiger partial charge in [0.2, 0.25) is 5.91 Å². The zero-order valence-corrected chi connectivity index (χ0v) is 10.3. The van der Waals surface area contributed by atoms with E-state index in [2.05, 4.69) is 0 Å². The van der Waals surface area contributed by atoms with E-state index in [0.717, 1.165) is 30.5 Å². The van der Waals surface area contributed by atoms with Crippen molar-refractivity contribution in [3.05, 3.63) is 35.4 Å². The van der Waals surface area contributed by atoms with Crippen LogP contribution < -0.4 is 5.73 Å². The number of hydrogen-bond acceptors (Lipinski definition) is 2. The molecule has 1 aromatic carbocycles. The maximum Gasteiger partial charge on any atom is 0.416 e. The first kappa shape index (κ1) is 13.9. The third-order valence-corrected chi connectivity index (χ3v) is 3.09. The fourth-order valence-electron chi connectivity index (χ4n) is 1.99. The van der Waals surface area contributed by atoms with Gasteiger partial charge in [0, 0.05) is 12.6 Å². The number of benzene rings is 1. The molecule has 19 heavy (non-hydrogen) atoms. The number of nitrogens with zero attached hydrogens (tertiary/aromatic N) is 1. The second-order valence-electron chi connectivity index (χ2n) is 4.80. The van der Waals surface area contributed by atoms with Crippen LogP contribution in [0.3, 0.4) is 0 Å². The Morgan fingerprint density at radius 3 is 2.26 bits per heavy atom. The van der Waals surface area contributed by atoms with Gasteiger partial charge >= 0.3 is 6.18 Å². The molecular formula is C13H15F3N2O. The Kier molecular flexibility index (Phi) is 3.80. The summed E-state index contributed by atoms with van der Waals surface area (Å²) in [5.74, 6) is -0.418. The standard InChI is InChI=1S/C13H15F3N2O/c14-13(15,16)10-3-1-9(2-4-10)7-18(8-12(17)19)11-5-6-11/h1-4,11H,5-8H2,(H2,17,19). The van der Waals surface area contributed by atoms with Crippen molar-refractivity contribution in [2.24, 2.45) is 5.73 Å². The normalized spacial score (nSPS) is 15.8. The lowest BCUT2D eigenvalue weighted by Crippen LogP contribution is -2.34. The smallest absolute Gasteiger partial charge is 0.369 e. The predicted octanol–water partition coefficient (Wildman–Crippen LogP) is 2.16. The molecule has 3 nitrogen and oxygen atoms in total. The second kappa shape index (κ2) is 5.21. The molecule has 1 amide bonds. The molecule has 0 aliphatic heterocycles. The largest absolute Gasteiger partial charge is 0.416 e. The van der Waals surface area contributed by atoms with Crippen LogP contribution in [0.25, 0.3) is 0 Å². The summed E-state index contributed by atoms with van der Waals surface area (Å²) in [7, 11) is 0. The lowest BCUT2D eigenvalue weighted by molar-refractivity contribution is -0.137. The summed E-state index contributed by atoms with van der Waals surface area (Å²) in [6, 6.07) is 5.34. The van der Waals surface area contributed by atoms with Crippen molar-refractivity contribution in [3.8, 4) is 0 Å². The van der Waals surface area contributed by atoms with Gasteiger partial charge < -0.3 is 5.73 Å². The van der Waals surface area contributed by atoms with Crippen LogP contribution in [0.1, 0.15) is 24.0 Å². The molecule has 104 valence electrons. The number of alkyl halides is 3. The van der Waals surface area contributed by atoms with Crippen molar-refractivity contribution < 1.29 is 18.0 Å². The van der Waals surface area contributed by atoms with Crippen LogP contribution in [-0.4, -0.2) is 23.4 Å². The Hall–Kier alpha value is -1.56. The topological polar surface area (TPSA) is 46.3 Å². The predicted molar refractivity (Wildman–Crippen MR) is 64.1 cm³/mol. The average molecular weight is 272 g/mol. The molecule has 0 bridgehead atoms. The lowest BCUT2D eigenvalue weighted by Gasteiger charge is -2.20. The number of hydrogen-bond donors (Lipinski definition) is 1. The molecular weight excluding hydrogens is 257 g/mol. The highest BCUT2D eigenvalue weighted by molar-refractivity contribution is 5.76. The molecule has 0 spiro atoms. The van der Waals surface area contributed by atoms with E-state index in [1.807, 2.05) is 4.90 Å². The van der Waals surface area contributed by atoms with Gasteiger partial charge in [-0.05, 0) is 30.5 Å². The van der Waals surface area contributed by atoms with Gasteiger partial charge in [0.05, 0.1) is 12.1 Å². The molecule has 0 heterocycles. The molecule has 0 atom stereocenters. The fraction of sp³-hybridized carbons (Fsp3) is 0.462. The summed E-state index contributed by atoms with van der Waals surface area (Å²) in [4.78, 5) is 12.9. The van der Waals surface area contributed by atoms with Crippen LogP contribution in [0.15, 0.2) is 24.3 Å². The molecule has 1 aliphatic carbocycles. The number of nitrogens with two attached hydrogens (primary N) is 1. The maximum atomic E-state index is 12.4. The Balaban J connectivity index is 2.03. The molecule has 0 saturated heterocycles. The number of carbonyl (C=O) groups excluding carboxylic acids is 1. The highest BCUT2D eigenvalue weighted by Crippen LogP contribution is 2.30. The molecule has 2 rings (SSSR count). The van der Waals surface area contributed by atoms with Gasteiger partial charge in [-0.15, -0.1) is 0 Å². The van der Waals surface area contributed by atoms with Gasteiger partial charge in [0.15, 0.2) is 0 Å². The van der Waals surface area contributed by atoms with Gasteiger partial charge in [0.1, 0.15) is 0 Å². The molecule has 1 aliphatic rings. The van der Waals surface area contributed by atoms with Crippen molar-refractivity contribution in [2.75, 3.05) is 6.54 Å². The van der Waals surface area contributed by atoms with Crippen molar-refractivity contribution >= 4 is 5.91 Å². The zero-order valence-electron chi connectivity index (χ0n) is 10.3. The molecule has 1 fully saturated rings. The van der Waals surface area contributed by atoms with Crippen LogP contribution in [0, 0.1) is 0 Å². The molecule has 0 aromatic heterocycles. The van der Waals surface area contributed by atoms with E-state index in [-0.39, 0.29) is 6.54 Å². The zero-order chi connectivity index (χ0) is 14.0. The highest BCUT2D eigenvalue weighted by atomic mass is 19.4. The van der Waals surface area contributed by atoms with E-state index in [1.54, 1.807) is 0 Å². The van der Waals surface area contributed by atoms with E-state index in [1.165, 1.54) is 12.1 Å². The number of halogens is 3. The number of amides is 1. The first-order chi connectivity index (χ1) is 8.86. The molecule has 6 heteroatoms. The second-order valence-corrected chi connectivity index (χ2v) is 4.80. The monoisotopic (exact) mass is 272 g/mol. The van der Waals surface area contributed by atoms with Gasteiger partial charge in [-0.3, -0.25) is 9.69 Å².